The van der Waals surface area contributed by atoms with E-state index in [2.05, 4.69) is 33.1 Å². The SMILES string of the molecule is O=C(CCNC(=O)NC12CC3CC(CC(C3)C1)C2)NCc1ccc(Cn2ccnc2)cc1. The fourth-order valence-electron chi connectivity index (χ4n) is 6.48. The van der Waals surface area contributed by atoms with Gasteiger partial charge in [0.1, 0.15) is 0 Å². The zero-order valence-corrected chi connectivity index (χ0v) is 18.6. The number of amides is 3. The molecule has 0 saturated heterocycles. The first-order valence-electron chi connectivity index (χ1n) is 11.9. The molecule has 7 heteroatoms. The first-order chi connectivity index (χ1) is 15.6. The third-order valence-electron chi connectivity index (χ3n) is 7.49. The van der Waals surface area contributed by atoms with Gasteiger partial charge in [-0.2, -0.15) is 0 Å². The summed E-state index contributed by atoms with van der Waals surface area (Å²) >= 11 is 0. The number of carbonyl (C=O) groups is 2. The Kier molecular flexibility index (Phi) is 5.89. The van der Waals surface area contributed by atoms with E-state index in [0.29, 0.717) is 13.1 Å². The molecule has 0 spiro atoms. The smallest absolute Gasteiger partial charge is 0.315 e. The molecule has 4 aliphatic rings. The number of carbonyl (C=O) groups excluding carboxylic acids is 2. The summed E-state index contributed by atoms with van der Waals surface area (Å²) in [6.45, 7) is 1.63. The van der Waals surface area contributed by atoms with Crippen LogP contribution in [0.4, 0.5) is 4.79 Å². The van der Waals surface area contributed by atoms with Gasteiger partial charge < -0.3 is 20.5 Å². The fraction of sp³-hybridized carbons (Fsp3) is 0.560. The number of hydrogen-bond donors (Lipinski definition) is 3. The molecular formula is C25H33N5O2. The third kappa shape index (κ3) is 4.97. The average Bonchev–Trinajstić information content (AvgIpc) is 3.25. The molecule has 170 valence electrons. The Morgan fingerprint density at radius 1 is 0.969 bits per heavy atom. The number of rotatable bonds is 8. The van der Waals surface area contributed by atoms with E-state index < -0.39 is 0 Å². The van der Waals surface area contributed by atoms with Crippen LogP contribution in [0.5, 0.6) is 0 Å². The lowest BCUT2D eigenvalue weighted by Gasteiger charge is -2.56. The van der Waals surface area contributed by atoms with Gasteiger partial charge >= 0.3 is 6.03 Å². The van der Waals surface area contributed by atoms with Gasteiger partial charge in [0.2, 0.25) is 5.91 Å². The van der Waals surface area contributed by atoms with E-state index in [1.807, 2.05) is 22.9 Å². The number of urea groups is 1. The van der Waals surface area contributed by atoms with Crippen LogP contribution in [0.3, 0.4) is 0 Å². The molecule has 0 radical (unpaired) electrons. The van der Waals surface area contributed by atoms with E-state index in [-0.39, 0.29) is 23.9 Å². The Morgan fingerprint density at radius 2 is 1.62 bits per heavy atom. The highest BCUT2D eigenvalue weighted by molar-refractivity contribution is 5.78. The minimum atomic E-state index is -0.117. The fourth-order valence-corrected chi connectivity index (χ4v) is 6.48. The molecule has 7 nitrogen and oxygen atoms in total. The van der Waals surface area contributed by atoms with E-state index in [9.17, 15) is 9.59 Å². The summed E-state index contributed by atoms with van der Waals surface area (Å²) in [5, 5.41) is 9.12. The van der Waals surface area contributed by atoms with Crippen LogP contribution in [0, 0.1) is 17.8 Å². The van der Waals surface area contributed by atoms with Crippen molar-refractivity contribution in [1.29, 1.82) is 0 Å². The topological polar surface area (TPSA) is 88.0 Å². The molecule has 4 aliphatic carbocycles. The predicted molar refractivity (Wildman–Crippen MR) is 122 cm³/mol. The van der Waals surface area contributed by atoms with Gasteiger partial charge in [0.05, 0.1) is 6.33 Å². The van der Waals surface area contributed by atoms with Crippen LogP contribution in [0.1, 0.15) is 56.1 Å². The second-order valence-electron chi connectivity index (χ2n) is 10.2. The largest absolute Gasteiger partial charge is 0.352 e. The summed E-state index contributed by atoms with van der Waals surface area (Å²) in [4.78, 5) is 28.7. The molecule has 1 heterocycles. The maximum atomic E-state index is 12.5. The van der Waals surface area contributed by atoms with Crippen LogP contribution in [0.15, 0.2) is 43.0 Å². The Labute approximate surface area is 189 Å². The van der Waals surface area contributed by atoms with Gasteiger partial charge in [-0.05, 0) is 67.4 Å². The molecule has 4 fully saturated rings. The Balaban J connectivity index is 1.00. The molecular weight excluding hydrogens is 402 g/mol. The highest BCUT2D eigenvalue weighted by atomic mass is 16.2. The normalized spacial score (nSPS) is 27.8. The summed E-state index contributed by atoms with van der Waals surface area (Å²) in [5.74, 6) is 2.34. The van der Waals surface area contributed by atoms with Crippen molar-refractivity contribution in [3.8, 4) is 0 Å². The number of imidazole rings is 1. The number of nitrogens with one attached hydrogen (secondary N) is 3. The zero-order valence-electron chi connectivity index (χ0n) is 18.6. The van der Waals surface area contributed by atoms with Gasteiger partial charge in [-0.15, -0.1) is 0 Å². The van der Waals surface area contributed by atoms with Gasteiger partial charge in [0.15, 0.2) is 0 Å². The first-order valence-corrected chi connectivity index (χ1v) is 11.9. The van der Waals surface area contributed by atoms with E-state index in [1.54, 1.807) is 12.5 Å². The highest BCUT2D eigenvalue weighted by Gasteiger charge is 2.51. The van der Waals surface area contributed by atoms with Crippen LogP contribution in [-0.4, -0.2) is 33.6 Å². The van der Waals surface area contributed by atoms with Gasteiger partial charge in [0, 0.05) is 44.0 Å². The Bertz CT molecular complexity index is 902. The molecule has 3 N–H and O–H groups in total. The minimum absolute atomic E-state index is 0.00508. The van der Waals surface area contributed by atoms with Gasteiger partial charge in [-0.25, -0.2) is 9.78 Å². The summed E-state index contributed by atoms with van der Waals surface area (Å²) in [7, 11) is 0. The minimum Gasteiger partial charge on any atom is -0.352 e. The number of hydrogen-bond acceptors (Lipinski definition) is 3. The standard InChI is InChI=1S/C25H33N5O2/c31-23(28-15-18-1-3-19(4-2-18)16-30-8-7-26-17-30)5-6-27-24(32)29-25-12-20-9-21(13-25)11-22(10-20)14-25/h1-4,7-8,17,20-22H,5-6,9-16H2,(H,28,31)(H2,27,29,32). The van der Waals surface area contributed by atoms with E-state index in [1.165, 1.54) is 24.8 Å². The summed E-state index contributed by atoms with van der Waals surface area (Å²) in [6.07, 6.45) is 13.3. The molecule has 6 rings (SSSR count). The molecule has 1 aromatic heterocycles. The van der Waals surface area contributed by atoms with Crippen molar-refractivity contribution >= 4 is 11.9 Å². The van der Waals surface area contributed by atoms with Crippen molar-refractivity contribution in [1.82, 2.24) is 25.5 Å². The highest BCUT2D eigenvalue weighted by Crippen LogP contribution is 2.55. The lowest BCUT2D eigenvalue weighted by Crippen LogP contribution is -2.61. The maximum Gasteiger partial charge on any atom is 0.315 e. The average molecular weight is 436 g/mol. The van der Waals surface area contributed by atoms with E-state index in [0.717, 1.165) is 49.1 Å². The summed E-state index contributed by atoms with van der Waals surface area (Å²) in [5.41, 5.74) is 2.25. The van der Waals surface area contributed by atoms with Crippen molar-refractivity contribution in [2.75, 3.05) is 6.54 Å². The Hall–Kier alpha value is -2.83. The molecule has 2 aromatic rings. The van der Waals surface area contributed by atoms with Crippen LogP contribution in [0.25, 0.3) is 0 Å². The molecule has 4 saturated carbocycles. The van der Waals surface area contributed by atoms with Gasteiger partial charge in [0.25, 0.3) is 0 Å². The molecule has 4 bridgehead atoms. The molecule has 1 aromatic carbocycles. The maximum absolute atomic E-state index is 12.5. The van der Waals surface area contributed by atoms with Crippen molar-refractivity contribution in [3.63, 3.8) is 0 Å². The summed E-state index contributed by atoms with van der Waals surface area (Å²) < 4.78 is 2.02. The summed E-state index contributed by atoms with van der Waals surface area (Å²) in [6, 6.07) is 8.08. The van der Waals surface area contributed by atoms with Crippen molar-refractivity contribution < 1.29 is 9.59 Å². The number of aromatic nitrogens is 2. The van der Waals surface area contributed by atoms with Crippen LogP contribution >= 0.6 is 0 Å². The molecule has 0 atom stereocenters. The Morgan fingerprint density at radius 3 is 2.25 bits per heavy atom. The first kappa shape index (κ1) is 21.0. The zero-order chi connectivity index (χ0) is 22.0. The van der Waals surface area contributed by atoms with Crippen molar-refractivity contribution in [2.24, 2.45) is 17.8 Å². The second-order valence-corrected chi connectivity index (χ2v) is 10.2. The molecule has 0 unspecified atom stereocenters. The third-order valence-corrected chi connectivity index (χ3v) is 7.49. The van der Waals surface area contributed by atoms with E-state index in [4.69, 9.17) is 0 Å². The van der Waals surface area contributed by atoms with Crippen LogP contribution < -0.4 is 16.0 Å². The lowest BCUT2D eigenvalue weighted by molar-refractivity contribution is -0.121. The quantitative estimate of drug-likeness (QED) is 0.595. The molecule has 3 amide bonds. The van der Waals surface area contributed by atoms with Gasteiger partial charge in [-0.1, -0.05) is 24.3 Å². The van der Waals surface area contributed by atoms with Gasteiger partial charge in [-0.3, -0.25) is 4.79 Å². The lowest BCUT2D eigenvalue weighted by atomic mass is 9.53. The number of benzene rings is 1. The van der Waals surface area contributed by atoms with Crippen molar-refractivity contribution in [3.05, 3.63) is 54.1 Å². The molecule has 32 heavy (non-hydrogen) atoms. The molecule has 0 aliphatic heterocycles. The van der Waals surface area contributed by atoms with E-state index >= 15 is 0 Å². The monoisotopic (exact) mass is 435 g/mol. The van der Waals surface area contributed by atoms with Crippen LogP contribution in [0.2, 0.25) is 0 Å². The second kappa shape index (κ2) is 8.96. The van der Waals surface area contributed by atoms with Crippen LogP contribution in [-0.2, 0) is 17.9 Å². The number of nitrogens with zero attached hydrogens (tertiary/aromatic N) is 2. The predicted octanol–water partition coefficient (Wildman–Crippen LogP) is 3.21. The van der Waals surface area contributed by atoms with Crippen molar-refractivity contribution in [2.45, 2.75) is 63.6 Å².